The Morgan fingerprint density at radius 1 is 1.05 bits per heavy atom. The lowest BCUT2D eigenvalue weighted by Crippen LogP contribution is -2.46. The van der Waals surface area contributed by atoms with Gasteiger partial charge in [-0.1, -0.05) is 36.4 Å². The molecule has 1 N–H and O–H groups in total. The van der Waals surface area contributed by atoms with Crippen molar-refractivity contribution in [2.24, 2.45) is 11.8 Å². The van der Waals surface area contributed by atoms with Crippen LogP contribution in [0.25, 0.3) is 10.9 Å². The van der Waals surface area contributed by atoms with Crippen LogP contribution in [0.2, 0.25) is 0 Å². The van der Waals surface area contributed by atoms with Crippen LogP contribution in [-0.2, 0) is 13.0 Å². The summed E-state index contributed by atoms with van der Waals surface area (Å²) in [5, 5.41) is 10.3. The van der Waals surface area contributed by atoms with Crippen LogP contribution in [0.15, 0.2) is 48.5 Å². The number of likely N-dealkylation sites (tertiary alicyclic amines) is 1. The molecule has 3 aromatic rings. The molecular weight excluding hydrogens is 493 g/mol. The number of pyridine rings is 1. The quantitative estimate of drug-likeness (QED) is 0.367. The molecule has 2 aliphatic rings. The van der Waals surface area contributed by atoms with Gasteiger partial charge in [0.25, 0.3) is 0 Å². The molecule has 1 atom stereocenters. The molecule has 1 aliphatic heterocycles. The van der Waals surface area contributed by atoms with E-state index in [0.717, 1.165) is 50.2 Å². The number of carbonyl (C=O) groups excluding carboxylic acids is 1. The summed E-state index contributed by atoms with van der Waals surface area (Å²) in [7, 11) is 0. The molecule has 39 heavy (non-hydrogen) atoms. The van der Waals surface area contributed by atoms with E-state index in [1.165, 1.54) is 11.6 Å². The van der Waals surface area contributed by atoms with Gasteiger partial charge >= 0.3 is 6.09 Å². The van der Waals surface area contributed by atoms with E-state index in [4.69, 9.17) is 0 Å². The van der Waals surface area contributed by atoms with Crippen LogP contribution in [-0.4, -0.2) is 45.5 Å². The highest BCUT2D eigenvalue weighted by Gasteiger charge is 2.39. The molecule has 1 saturated heterocycles. The average molecular weight is 532 g/mol. The summed E-state index contributed by atoms with van der Waals surface area (Å²) in [5.74, 6) is -0.297. The Kier molecular flexibility index (Phi) is 7.72. The van der Waals surface area contributed by atoms with Crippen LogP contribution >= 0.6 is 0 Å². The Balaban J connectivity index is 1.35. The molecule has 1 aromatic heterocycles. The van der Waals surface area contributed by atoms with E-state index in [2.05, 4.69) is 34.1 Å². The van der Waals surface area contributed by atoms with E-state index >= 15 is 4.39 Å². The van der Waals surface area contributed by atoms with Gasteiger partial charge in [-0.05, 0) is 96.0 Å². The van der Waals surface area contributed by atoms with Crippen molar-refractivity contribution in [2.75, 3.05) is 18.0 Å². The second kappa shape index (κ2) is 11.0. The SMILES string of the molecule is CC(C)(C)N(C(=O)O)c1c2c(nc3cccc(F)c13)CCC(CCC1CCN(Cc3ccccc3)CC1)C2=O. The molecule has 1 fully saturated rings. The largest absolute Gasteiger partial charge is 0.465 e. The number of anilines is 1. The number of fused-ring (bicyclic) bond motifs is 2. The predicted octanol–water partition coefficient (Wildman–Crippen LogP) is 7.09. The number of aromatic nitrogens is 1. The molecule has 206 valence electrons. The highest BCUT2D eigenvalue weighted by atomic mass is 19.1. The summed E-state index contributed by atoms with van der Waals surface area (Å²) in [5.41, 5.74) is 1.86. The standard InChI is InChI=1S/C32H38FN3O3/c1-32(2,3)36(31(38)39)29-27-24(33)10-7-11-25(27)34-26-15-14-23(30(37)28(26)29)13-12-21-16-18-35(19-17-21)20-22-8-5-4-6-9-22/h4-11,21,23H,12-20H2,1-3H3,(H,38,39). The third kappa shape index (κ3) is 5.69. The summed E-state index contributed by atoms with van der Waals surface area (Å²) in [6, 6.07) is 15.1. The van der Waals surface area contributed by atoms with Gasteiger partial charge in [-0.15, -0.1) is 0 Å². The topological polar surface area (TPSA) is 73.7 Å². The first-order chi connectivity index (χ1) is 18.6. The van der Waals surface area contributed by atoms with Crippen molar-refractivity contribution in [1.29, 1.82) is 0 Å². The number of nitrogens with zero attached hydrogens (tertiary/aromatic N) is 3. The lowest BCUT2D eigenvalue weighted by Gasteiger charge is -2.37. The Morgan fingerprint density at radius 3 is 2.44 bits per heavy atom. The summed E-state index contributed by atoms with van der Waals surface area (Å²) in [6.07, 6.45) is 4.02. The zero-order valence-electron chi connectivity index (χ0n) is 23.1. The molecule has 6 nitrogen and oxygen atoms in total. The molecule has 0 radical (unpaired) electrons. The Morgan fingerprint density at radius 2 is 1.77 bits per heavy atom. The fourth-order valence-corrected chi connectivity index (χ4v) is 6.32. The zero-order chi connectivity index (χ0) is 27.7. The molecule has 5 rings (SSSR count). The van der Waals surface area contributed by atoms with Crippen LogP contribution in [0, 0.1) is 17.7 Å². The Hall–Kier alpha value is -3.32. The van der Waals surface area contributed by atoms with Gasteiger partial charge in [-0.3, -0.25) is 19.6 Å². The number of amides is 1. The number of hydrogen-bond donors (Lipinski definition) is 1. The van der Waals surface area contributed by atoms with Gasteiger partial charge in [0.05, 0.1) is 27.8 Å². The van der Waals surface area contributed by atoms with E-state index in [1.54, 1.807) is 32.9 Å². The number of aryl methyl sites for hydroxylation is 1. The van der Waals surface area contributed by atoms with E-state index in [0.29, 0.717) is 35.5 Å². The monoisotopic (exact) mass is 531 g/mol. The Labute approximate surface area is 229 Å². The van der Waals surface area contributed by atoms with Gasteiger partial charge in [0, 0.05) is 18.0 Å². The van der Waals surface area contributed by atoms with Gasteiger partial charge < -0.3 is 5.11 Å². The van der Waals surface area contributed by atoms with Crippen LogP contribution in [0.5, 0.6) is 0 Å². The second-order valence-electron chi connectivity index (χ2n) is 12.1. The molecule has 0 saturated carbocycles. The first-order valence-electron chi connectivity index (χ1n) is 14.1. The zero-order valence-corrected chi connectivity index (χ0v) is 23.1. The molecular formula is C32H38FN3O3. The van der Waals surface area contributed by atoms with Crippen LogP contribution in [0.3, 0.4) is 0 Å². The van der Waals surface area contributed by atoms with Crippen molar-refractivity contribution >= 4 is 28.5 Å². The lowest BCUT2D eigenvalue weighted by molar-refractivity contribution is 0.0881. The third-order valence-corrected chi connectivity index (χ3v) is 8.32. The number of carbonyl (C=O) groups is 2. The van der Waals surface area contributed by atoms with Gasteiger partial charge in [0.2, 0.25) is 0 Å². The number of hydrogen-bond acceptors (Lipinski definition) is 4. The number of carboxylic acid groups (broad SMARTS) is 1. The van der Waals surface area contributed by atoms with Crippen molar-refractivity contribution in [3.63, 3.8) is 0 Å². The smallest absolute Gasteiger partial charge is 0.412 e. The summed E-state index contributed by atoms with van der Waals surface area (Å²) >= 11 is 0. The maximum atomic E-state index is 15.2. The van der Waals surface area contributed by atoms with Gasteiger partial charge in [0.1, 0.15) is 5.82 Å². The normalized spacial score (nSPS) is 18.8. The van der Waals surface area contributed by atoms with E-state index in [-0.39, 0.29) is 22.8 Å². The van der Waals surface area contributed by atoms with Gasteiger partial charge in [-0.25, -0.2) is 9.18 Å². The van der Waals surface area contributed by atoms with E-state index < -0.39 is 17.4 Å². The second-order valence-corrected chi connectivity index (χ2v) is 12.1. The number of halogens is 1. The van der Waals surface area contributed by atoms with Gasteiger partial charge in [0.15, 0.2) is 5.78 Å². The minimum atomic E-state index is -1.21. The summed E-state index contributed by atoms with van der Waals surface area (Å²) in [6.45, 7) is 8.36. The molecule has 1 aliphatic carbocycles. The predicted molar refractivity (Wildman–Crippen MR) is 152 cm³/mol. The summed E-state index contributed by atoms with van der Waals surface area (Å²) < 4.78 is 15.2. The summed E-state index contributed by atoms with van der Waals surface area (Å²) in [4.78, 5) is 34.8. The van der Waals surface area contributed by atoms with Crippen LogP contribution in [0.1, 0.15) is 74.5 Å². The van der Waals surface area contributed by atoms with E-state index in [1.807, 2.05) is 6.07 Å². The first-order valence-corrected chi connectivity index (χ1v) is 14.1. The number of rotatable bonds is 6. The van der Waals surface area contributed by atoms with Crippen molar-refractivity contribution in [3.8, 4) is 0 Å². The maximum Gasteiger partial charge on any atom is 0.412 e. The molecule has 0 spiro atoms. The van der Waals surface area contributed by atoms with Gasteiger partial charge in [-0.2, -0.15) is 0 Å². The maximum absolute atomic E-state index is 15.2. The number of benzene rings is 2. The molecule has 2 aromatic carbocycles. The molecule has 1 unspecified atom stereocenters. The fourth-order valence-electron chi connectivity index (χ4n) is 6.32. The van der Waals surface area contributed by atoms with Crippen LogP contribution < -0.4 is 4.90 Å². The number of Topliss-reactive ketones (excluding diaryl/α,β-unsaturated/α-hetero) is 1. The number of ketones is 1. The molecule has 7 heteroatoms. The highest BCUT2D eigenvalue weighted by molar-refractivity contribution is 6.14. The number of piperidine rings is 1. The third-order valence-electron chi connectivity index (χ3n) is 8.32. The molecule has 1 amide bonds. The average Bonchev–Trinajstić information content (AvgIpc) is 2.88. The highest BCUT2D eigenvalue weighted by Crippen LogP contribution is 2.42. The van der Waals surface area contributed by atoms with Crippen molar-refractivity contribution in [1.82, 2.24) is 9.88 Å². The van der Waals surface area contributed by atoms with Crippen molar-refractivity contribution in [2.45, 2.75) is 71.4 Å². The fraction of sp³-hybridized carbons (Fsp3) is 0.469. The van der Waals surface area contributed by atoms with Crippen molar-refractivity contribution < 1.29 is 19.1 Å². The Bertz CT molecular complexity index is 1360. The first kappa shape index (κ1) is 27.3. The molecule has 0 bridgehead atoms. The van der Waals surface area contributed by atoms with E-state index in [9.17, 15) is 14.7 Å². The minimum absolute atomic E-state index is 0.0964. The van der Waals surface area contributed by atoms with Crippen LogP contribution in [0.4, 0.5) is 14.9 Å². The lowest BCUT2D eigenvalue weighted by atomic mass is 9.78. The molecule has 2 heterocycles. The van der Waals surface area contributed by atoms with Crippen molar-refractivity contribution in [3.05, 3.63) is 71.2 Å². The minimum Gasteiger partial charge on any atom is -0.465 e.